The lowest BCUT2D eigenvalue weighted by Gasteiger charge is -2.48. The maximum absolute atomic E-state index is 10.1. The van der Waals surface area contributed by atoms with Crippen LogP contribution >= 0.6 is 0 Å². The van der Waals surface area contributed by atoms with Crippen LogP contribution in [0.25, 0.3) is 0 Å². The molecule has 82 valence electrons. The molecule has 0 aromatic heterocycles. The van der Waals surface area contributed by atoms with Crippen molar-refractivity contribution in [3.05, 3.63) is 0 Å². The molecule has 0 aromatic carbocycles. The topological polar surface area (TPSA) is 20.2 Å². The van der Waals surface area contributed by atoms with E-state index in [1.54, 1.807) is 6.42 Å². The van der Waals surface area contributed by atoms with Gasteiger partial charge in [-0.2, -0.15) is 0 Å². The number of hydrogen-bond donors (Lipinski definition) is 1. The molecule has 0 aromatic rings. The quantitative estimate of drug-likeness (QED) is 0.642. The fraction of sp³-hybridized carbons (Fsp3) is 1.00. The molecule has 0 radical (unpaired) electrons. The summed E-state index contributed by atoms with van der Waals surface area (Å²) < 4.78 is 0. The zero-order chi connectivity index (χ0) is 9.95. The summed E-state index contributed by atoms with van der Waals surface area (Å²) in [7, 11) is 0. The summed E-state index contributed by atoms with van der Waals surface area (Å²) >= 11 is 0. The van der Waals surface area contributed by atoms with Gasteiger partial charge in [-0.25, -0.2) is 0 Å². The Labute approximate surface area is 91.2 Å². The van der Waals surface area contributed by atoms with Gasteiger partial charge in [-0.3, -0.25) is 0 Å². The van der Waals surface area contributed by atoms with E-state index in [9.17, 15) is 5.11 Å². The third kappa shape index (κ3) is 0.615. The van der Waals surface area contributed by atoms with Crippen LogP contribution in [0.1, 0.15) is 32.6 Å². The highest BCUT2D eigenvalue weighted by Crippen LogP contribution is 2.88. The molecule has 5 aliphatic carbocycles. The molecule has 0 saturated heterocycles. The maximum Gasteiger partial charge on any atom is 0.0574 e. The van der Waals surface area contributed by atoms with E-state index in [0.29, 0.717) is 11.3 Å². The lowest BCUT2D eigenvalue weighted by molar-refractivity contribution is -0.0265. The Hall–Kier alpha value is -0.0400. The minimum absolute atomic E-state index is 0.0443. The van der Waals surface area contributed by atoms with Crippen molar-refractivity contribution in [1.82, 2.24) is 0 Å². The van der Waals surface area contributed by atoms with Gasteiger partial charge in [0.2, 0.25) is 0 Å². The van der Waals surface area contributed by atoms with Gasteiger partial charge in [-0.1, -0.05) is 6.92 Å². The summed E-state index contributed by atoms with van der Waals surface area (Å²) in [6.45, 7) is 2.35. The van der Waals surface area contributed by atoms with Gasteiger partial charge in [0, 0.05) is 0 Å². The van der Waals surface area contributed by atoms with Gasteiger partial charge in [0.1, 0.15) is 0 Å². The Morgan fingerprint density at radius 1 is 1.00 bits per heavy atom. The fourth-order valence-corrected chi connectivity index (χ4v) is 6.65. The Balaban J connectivity index is 1.63. The molecular weight excluding hydrogens is 184 g/mol. The van der Waals surface area contributed by atoms with Crippen LogP contribution in [0.5, 0.6) is 0 Å². The Morgan fingerprint density at radius 3 is 2.60 bits per heavy atom. The van der Waals surface area contributed by atoms with E-state index in [2.05, 4.69) is 6.92 Å². The smallest absolute Gasteiger partial charge is 0.0574 e. The lowest BCUT2D eigenvalue weighted by Crippen LogP contribution is -2.44. The number of aliphatic hydroxyl groups excluding tert-OH is 1. The summed E-state index contributed by atoms with van der Waals surface area (Å²) in [5, 5.41) is 10.1. The van der Waals surface area contributed by atoms with E-state index in [1.165, 1.54) is 12.8 Å². The van der Waals surface area contributed by atoms with Crippen molar-refractivity contribution in [2.75, 3.05) is 0 Å². The van der Waals surface area contributed by atoms with Gasteiger partial charge in [-0.05, 0) is 72.5 Å². The Morgan fingerprint density at radius 2 is 1.87 bits per heavy atom. The molecule has 5 rings (SSSR count). The molecule has 1 heteroatoms. The van der Waals surface area contributed by atoms with Crippen LogP contribution in [0.3, 0.4) is 0 Å². The van der Waals surface area contributed by atoms with Crippen molar-refractivity contribution in [2.45, 2.75) is 38.7 Å². The average molecular weight is 204 g/mol. The first kappa shape index (κ1) is 8.11. The largest absolute Gasteiger partial charge is 0.393 e. The number of fused-ring (bicyclic) bond motifs is 5. The molecular formula is C14H20O. The van der Waals surface area contributed by atoms with E-state index in [4.69, 9.17) is 0 Å². The molecule has 9 atom stereocenters. The van der Waals surface area contributed by atoms with Crippen LogP contribution in [0.15, 0.2) is 0 Å². The number of hydrogen-bond acceptors (Lipinski definition) is 1. The second-order valence-electron chi connectivity index (χ2n) is 7.14. The van der Waals surface area contributed by atoms with Crippen LogP contribution in [0, 0.1) is 46.8 Å². The minimum atomic E-state index is 0.0443. The summed E-state index contributed by atoms with van der Waals surface area (Å²) in [4.78, 5) is 0. The molecule has 1 nitrogen and oxygen atoms in total. The molecule has 9 unspecified atom stereocenters. The van der Waals surface area contributed by atoms with E-state index < -0.39 is 0 Å². The van der Waals surface area contributed by atoms with Crippen LogP contribution in [-0.4, -0.2) is 11.2 Å². The summed E-state index contributed by atoms with van der Waals surface area (Å²) in [6.07, 6.45) is 5.78. The molecule has 0 amide bonds. The van der Waals surface area contributed by atoms with Crippen LogP contribution in [0.4, 0.5) is 0 Å². The second kappa shape index (κ2) is 2.03. The Bertz CT molecular complexity index is 351. The Kier molecular flexibility index (Phi) is 1.10. The monoisotopic (exact) mass is 204 g/mol. The van der Waals surface area contributed by atoms with Gasteiger partial charge in [-0.15, -0.1) is 0 Å². The molecule has 15 heavy (non-hydrogen) atoms. The zero-order valence-corrected chi connectivity index (χ0v) is 9.39. The highest BCUT2D eigenvalue weighted by atomic mass is 16.3. The van der Waals surface area contributed by atoms with Crippen molar-refractivity contribution in [3.8, 4) is 0 Å². The summed E-state index contributed by atoms with van der Waals surface area (Å²) in [5.74, 6) is 7.06. The van der Waals surface area contributed by atoms with Crippen molar-refractivity contribution >= 4 is 0 Å². The fourth-order valence-electron chi connectivity index (χ4n) is 6.65. The first-order valence-electron chi connectivity index (χ1n) is 6.94. The molecule has 1 spiro atoms. The lowest BCUT2D eigenvalue weighted by atomic mass is 9.56. The first-order chi connectivity index (χ1) is 7.26. The van der Waals surface area contributed by atoms with Gasteiger partial charge >= 0.3 is 0 Å². The van der Waals surface area contributed by atoms with Crippen molar-refractivity contribution < 1.29 is 5.11 Å². The van der Waals surface area contributed by atoms with Crippen LogP contribution in [-0.2, 0) is 0 Å². The van der Waals surface area contributed by atoms with Gasteiger partial charge in [0.25, 0.3) is 0 Å². The average Bonchev–Trinajstić information content (AvgIpc) is 2.97. The number of aliphatic hydroxyl groups is 1. The zero-order valence-electron chi connectivity index (χ0n) is 9.39. The van der Waals surface area contributed by atoms with Crippen molar-refractivity contribution in [2.24, 2.45) is 46.8 Å². The van der Waals surface area contributed by atoms with Crippen molar-refractivity contribution in [3.63, 3.8) is 0 Å². The first-order valence-corrected chi connectivity index (χ1v) is 6.94. The molecule has 0 bridgehead atoms. The number of rotatable bonds is 0. The molecule has 1 N–H and O–H groups in total. The molecule has 5 fully saturated rings. The third-order valence-corrected chi connectivity index (χ3v) is 7.28. The normalized spacial score (nSPS) is 77.2. The third-order valence-electron chi connectivity index (χ3n) is 7.28. The van der Waals surface area contributed by atoms with Crippen molar-refractivity contribution in [1.29, 1.82) is 0 Å². The highest BCUT2D eigenvalue weighted by molar-refractivity contribution is 5.31. The summed E-state index contributed by atoms with van der Waals surface area (Å²) in [5.41, 5.74) is 0.667. The molecule has 5 saturated carbocycles. The molecule has 5 aliphatic rings. The van der Waals surface area contributed by atoms with E-state index in [1.807, 2.05) is 0 Å². The van der Waals surface area contributed by atoms with Gasteiger partial charge in [0.05, 0.1) is 6.10 Å². The standard InChI is InChI=1S/C14H20O/c1-6-12(15)5-11-13-9-4-8(9)7-2-3-10(7)14(6,11)13/h6-13,15H,2-5H2,1H3. The SMILES string of the molecule is CC1C(O)CC2C3C4CC4C4CCC4C123. The molecule has 0 aliphatic heterocycles. The van der Waals surface area contributed by atoms with Gasteiger partial charge < -0.3 is 5.11 Å². The molecule has 0 heterocycles. The van der Waals surface area contributed by atoms with E-state index in [0.717, 1.165) is 41.9 Å². The maximum atomic E-state index is 10.1. The second-order valence-corrected chi connectivity index (χ2v) is 7.14. The predicted octanol–water partition coefficient (Wildman–Crippen LogP) is 2.30. The van der Waals surface area contributed by atoms with E-state index >= 15 is 0 Å². The van der Waals surface area contributed by atoms with Gasteiger partial charge in [0.15, 0.2) is 0 Å². The predicted molar refractivity (Wildman–Crippen MR) is 57.0 cm³/mol. The van der Waals surface area contributed by atoms with Crippen LogP contribution < -0.4 is 0 Å². The van der Waals surface area contributed by atoms with Crippen LogP contribution in [0.2, 0.25) is 0 Å². The summed E-state index contributed by atoms with van der Waals surface area (Å²) in [6, 6.07) is 0. The van der Waals surface area contributed by atoms with E-state index in [-0.39, 0.29) is 6.10 Å². The highest BCUT2D eigenvalue weighted by Gasteiger charge is 2.84. The minimum Gasteiger partial charge on any atom is -0.393 e.